The van der Waals surface area contributed by atoms with E-state index in [0.29, 0.717) is 33.0 Å². The van der Waals surface area contributed by atoms with E-state index in [0.717, 1.165) is 29.5 Å². The van der Waals surface area contributed by atoms with E-state index in [1.165, 1.54) is 12.8 Å². The Hall–Kier alpha value is -2.54. The molecule has 1 heterocycles. The minimum Gasteiger partial charge on any atom is -0.368 e. The maximum absolute atomic E-state index is 6.54. The van der Waals surface area contributed by atoms with Gasteiger partial charge in [0.25, 0.3) is 0 Å². The third kappa shape index (κ3) is 9.06. The molecule has 1 aliphatic heterocycles. The molecule has 4 rings (SSSR count). The van der Waals surface area contributed by atoms with E-state index >= 15 is 0 Å². The molecule has 1 fully saturated rings. The molecule has 3 aromatic carbocycles. The zero-order valence-corrected chi connectivity index (χ0v) is 21.9. The molecular formula is C32H40O5. The molecule has 0 aliphatic carbocycles. The second kappa shape index (κ2) is 15.7. The van der Waals surface area contributed by atoms with Crippen LogP contribution in [0.25, 0.3) is 0 Å². The first-order chi connectivity index (χ1) is 18.3. The van der Waals surface area contributed by atoms with Crippen LogP contribution in [0.15, 0.2) is 91.0 Å². The van der Waals surface area contributed by atoms with Crippen LogP contribution in [0.4, 0.5) is 0 Å². The van der Waals surface area contributed by atoms with Gasteiger partial charge in [-0.3, -0.25) is 0 Å². The number of ether oxygens (including phenoxy) is 5. The summed E-state index contributed by atoms with van der Waals surface area (Å²) in [4.78, 5) is 0. The van der Waals surface area contributed by atoms with Crippen LogP contribution in [0.5, 0.6) is 0 Å². The van der Waals surface area contributed by atoms with Crippen molar-refractivity contribution in [3.05, 3.63) is 108 Å². The predicted molar refractivity (Wildman–Crippen MR) is 145 cm³/mol. The lowest BCUT2D eigenvalue weighted by atomic mass is 10.0. The van der Waals surface area contributed by atoms with Crippen molar-refractivity contribution in [1.29, 1.82) is 0 Å². The Kier molecular flexibility index (Phi) is 11.6. The van der Waals surface area contributed by atoms with Gasteiger partial charge >= 0.3 is 0 Å². The maximum Gasteiger partial charge on any atom is 0.186 e. The average molecular weight is 505 g/mol. The number of unbranched alkanes of at least 4 members (excludes halogenated alkanes) is 3. The molecular weight excluding hydrogens is 464 g/mol. The highest BCUT2D eigenvalue weighted by Crippen LogP contribution is 2.27. The minimum absolute atomic E-state index is 0.287. The zero-order chi connectivity index (χ0) is 25.5. The molecule has 0 bridgehead atoms. The van der Waals surface area contributed by atoms with Crippen LogP contribution >= 0.6 is 0 Å². The lowest BCUT2D eigenvalue weighted by molar-refractivity contribution is -0.299. The molecule has 0 spiro atoms. The van der Waals surface area contributed by atoms with E-state index in [-0.39, 0.29) is 12.2 Å². The van der Waals surface area contributed by atoms with Crippen LogP contribution in [-0.2, 0) is 43.5 Å². The van der Waals surface area contributed by atoms with Crippen molar-refractivity contribution in [2.24, 2.45) is 0 Å². The van der Waals surface area contributed by atoms with Crippen molar-refractivity contribution in [2.45, 2.75) is 77.0 Å². The first-order valence-corrected chi connectivity index (χ1v) is 13.5. The second-order valence-electron chi connectivity index (χ2n) is 9.49. The van der Waals surface area contributed by atoms with Crippen molar-refractivity contribution in [3.63, 3.8) is 0 Å². The van der Waals surface area contributed by atoms with Crippen molar-refractivity contribution in [3.8, 4) is 0 Å². The first kappa shape index (κ1) is 27.5. The summed E-state index contributed by atoms with van der Waals surface area (Å²) >= 11 is 0. The van der Waals surface area contributed by atoms with E-state index in [1.54, 1.807) is 0 Å². The Balaban J connectivity index is 1.48. The molecule has 37 heavy (non-hydrogen) atoms. The summed E-state index contributed by atoms with van der Waals surface area (Å²) in [5.41, 5.74) is 3.31. The normalized spacial score (nSPS) is 21.6. The average Bonchev–Trinajstić information content (AvgIpc) is 2.96. The van der Waals surface area contributed by atoms with Gasteiger partial charge in [0.05, 0.1) is 26.4 Å². The lowest BCUT2D eigenvalue weighted by Crippen LogP contribution is -2.56. The van der Waals surface area contributed by atoms with Crippen molar-refractivity contribution in [1.82, 2.24) is 0 Å². The van der Waals surface area contributed by atoms with Gasteiger partial charge in [-0.15, -0.1) is 0 Å². The Bertz CT molecular complexity index is 982. The zero-order valence-electron chi connectivity index (χ0n) is 21.9. The molecule has 0 unspecified atom stereocenters. The topological polar surface area (TPSA) is 46.2 Å². The number of benzene rings is 3. The Morgan fingerprint density at radius 1 is 0.595 bits per heavy atom. The standard InChI is InChI=1S/C32H40O5/c1-2-3-4-14-21-33-32-31(36-24-28-19-12-7-13-20-28)30(35-23-27-17-10-6-11-18-27)29(25-37-32)34-22-26-15-8-5-9-16-26/h5-13,15-20,29-32H,2-4,14,21-25H2,1H3/t29-,30+,31-,32-/m1/s1. The molecule has 198 valence electrons. The fourth-order valence-electron chi connectivity index (χ4n) is 4.45. The predicted octanol–water partition coefficient (Wildman–Crippen LogP) is 6.70. The summed E-state index contributed by atoms with van der Waals surface area (Å²) in [5.74, 6) is 0. The van der Waals surface area contributed by atoms with Gasteiger partial charge in [0.1, 0.15) is 18.3 Å². The van der Waals surface area contributed by atoms with Crippen LogP contribution in [0.1, 0.15) is 49.3 Å². The molecule has 3 aromatic rings. The Morgan fingerprint density at radius 2 is 1.11 bits per heavy atom. The van der Waals surface area contributed by atoms with Gasteiger partial charge in [-0.2, -0.15) is 0 Å². The van der Waals surface area contributed by atoms with E-state index < -0.39 is 12.4 Å². The van der Waals surface area contributed by atoms with E-state index in [4.69, 9.17) is 23.7 Å². The molecule has 0 saturated carbocycles. The Labute approximate surface area is 221 Å². The molecule has 0 N–H and O–H groups in total. The van der Waals surface area contributed by atoms with Crippen LogP contribution in [0.2, 0.25) is 0 Å². The summed E-state index contributed by atoms with van der Waals surface area (Å²) in [6, 6.07) is 30.6. The number of hydrogen-bond donors (Lipinski definition) is 0. The van der Waals surface area contributed by atoms with E-state index in [9.17, 15) is 0 Å². The summed E-state index contributed by atoms with van der Waals surface area (Å²) < 4.78 is 31.9. The third-order valence-corrected chi connectivity index (χ3v) is 6.54. The summed E-state index contributed by atoms with van der Waals surface area (Å²) in [5, 5.41) is 0. The van der Waals surface area contributed by atoms with Crippen molar-refractivity contribution >= 4 is 0 Å². The maximum atomic E-state index is 6.54. The second-order valence-corrected chi connectivity index (χ2v) is 9.49. The van der Waals surface area contributed by atoms with Gasteiger partial charge in [0, 0.05) is 6.61 Å². The molecule has 1 saturated heterocycles. The highest BCUT2D eigenvalue weighted by molar-refractivity contribution is 5.15. The van der Waals surface area contributed by atoms with E-state index in [1.807, 2.05) is 54.6 Å². The van der Waals surface area contributed by atoms with Crippen LogP contribution < -0.4 is 0 Å². The van der Waals surface area contributed by atoms with Crippen LogP contribution in [0.3, 0.4) is 0 Å². The first-order valence-electron chi connectivity index (χ1n) is 13.5. The molecule has 0 radical (unpaired) electrons. The number of rotatable bonds is 15. The van der Waals surface area contributed by atoms with Gasteiger partial charge in [0.2, 0.25) is 0 Å². The summed E-state index contributed by atoms with van der Waals surface area (Å²) in [6.45, 7) is 4.62. The SMILES string of the molecule is CCCCCCO[C@@H]1OC[C@@H](OCc2ccccc2)[C@H](OCc2ccccc2)[C@H]1OCc1ccccc1. The van der Waals surface area contributed by atoms with E-state index in [2.05, 4.69) is 43.3 Å². The Morgan fingerprint density at radius 3 is 1.65 bits per heavy atom. The fraction of sp³-hybridized carbons (Fsp3) is 0.438. The van der Waals surface area contributed by atoms with Crippen LogP contribution in [-0.4, -0.2) is 37.8 Å². The largest absolute Gasteiger partial charge is 0.368 e. The summed E-state index contributed by atoms with van der Waals surface area (Å²) in [6.07, 6.45) is 2.98. The monoisotopic (exact) mass is 504 g/mol. The van der Waals surface area contributed by atoms with Gasteiger partial charge < -0.3 is 23.7 Å². The van der Waals surface area contributed by atoms with Gasteiger partial charge in [-0.25, -0.2) is 0 Å². The highest BCUT2D eigenvalue weighted by Gasteiger charge is 2.43. The molecule has 4 atom stereocenters. The lowest BCUT2D eigenvalue weighted by Gasteiger charge is -2.42. The fourth-order valence-corrected chi connectivity index (χ4v) is 4.45. The molecule has 1 aliphatic rings. The third-order valence-electron chi connectivity index (χ3n) is 6.54. The minimum atomic E-state index is -0.511. The quantitative estimate of drug-likeness (QED) is 0.216. The van der Waals surface area contributed by atoms with Gasteiger partial charge in [0.15, 0.2) is 6.29 Å². The highest BCUT2D eigenvalue weighted by atomic mass is 16.7. The molecule has 5 nitrogen and oxygen atoms in total. The van der Waals surface area contributed by atoms with Gasteiger partial charge in [-0.05, 0) is 23.1 Å². The smallest absolute Gasteiger partial charge is 0.186 e. The van der Waals surface area contributed by atoms with Crippen LogP contribution in [0, 0.1) is 0 Å². The molecule has 5 heteroatoms. The van der Waals surface area contributed by atoms with Crippen molar-refractivity contribution in [2.75, 3.05) is 13.2 Å². The molecule has 0 aromatic heterocycles. The van der Waals surface area contributed by atoms with Crippen molar-refractivity contribution < 1.29 is 23.7 Å². The number of hydrogen-bond acceptors (Lipinski definition) is 5. The summed E-state index contributed by atoms with van der Waals surface area (Å²) in [7, 11) is 0. The van der Waals surface area contributed by atoms with Gasteiger partial charge in [-0.1, -0.05) is 117 Å². The molecule has 0 amide bonds.